The van der Waals surface area contributed by atoms with Crippen molar-refractivity contribution in [2.24, 2.45) is 0 Å². The van der Waals surface area contributed by atoms with Crippen LogP contribution in [0.5, 0.6) is 0 Å². The van der Waals surface area contributed by atoms with Gasteiger partial charge in [0.05, 0.1) is 5.69 Å². The third kappa shape index (κ3) is 0.777. The number of hydrogen-bond acceptors (Lipinski definition) is 4. The Morgan fingerprint density at radius 1 is 1.67 bits per heavy atom. The zero-order valence-corrected chi connectivity index (χ0v) is 6.40. The zero-order valence-electron chi connectivity index (χ0n) is 6.40. The molecule has 2 heterocycles. The molecule has 12 heavy (non-hydrogen) atoms. The van der Waals surface area contributed by atoms with E-state index in [1.807, 2.05) is 0 Å². The zero-order chi connectivity index (χ0) is 8.72. The van der Waals surface area contributed by atoms with Crippen LogP contribution in [0.25, 0.3) is 5.65 Å². The third-order valence-electron chi connectivity index (χ3n) is 1.60. The van der Waals surface area contributed by atoms with Crippen molar-refractivity contribution >= 4 is 11.6 Å². The number of anilines is 1. The fourth-order valence-electron chi connectivity index (χ4n) is 1.03. The summed E-state index contributed by atoms with van der Waals surface area (Å²) >= 11 is 0. The number of nitrogens with zero attached hydrogens (tertiary/aromatic N) is 3. The number of nitrogens with one attached hydrogen (secondary N) is 1. The lowest BCUT2D eigenvalue weighted by atomic mass is 10.5. The number of aromatic amines is 1. The summed E-state index contributed by atoms with van der Waals surface area (Å²) in [6.45, 7) is 1.77. The van der Waals surface area contributed by atoms with Gasteiger partial charge in [0.2, 0.25) is 5.95 Å². The molecule has 62 valence electrons. The van der Waals surface area contributed by atoms with Gasteiger partial charge in [0.1, 0.15) is 6.33 Å². The van der Waals surface area contributed by atoms with E-state index >= 15 is 0 Å². The van der Waals surface area contributed by atoms with Crippen molar-refractivity contribution in [2.45, 2.75) is 6.92 Å². The molecule has 3 N–H and O–H groups in total. The number of nitrogens with two attached hydrogens (primary N) is 1. The Hall–Kier alpha value is -1.85. The highest BCUT2D eigenvalue weighted by atomic mass is 16.1. The van der Waals surface area contributed by atoms with Crippen molar-refractivity contribution in [1.82, 2.24) is 19.4 Å². The van der Waals surface area contributed by atoms with Crippen LogP contribution in [0.1, 0.15) is 5.69 Å². The average Bonchev–Trinajstić information content (AvgIpc) is 2.33. The molecule has 0 aliphatic rings. The van der Waals surface area contributed by atoms with Gasteiger partial charge in [-0.15, -0.1) is 0 Å². The first-order valence-electron chi connectivity index (χ1n) is 3.38. The number of aromatic nitrogens is 4. The summed E-state index contributed by atoms with van der Waals surface area (Å²) in [5.74, 6) is 0.108. The molecule has 0 bridgehead atoms. The summed E-state index contributed by atoms with van der Waals surface area (Å²) in [6, 6.07) is 0. The van der Waals surface area contributed by atoms with Gasteiger partial charge in [-0.25, -0.2) is 14.2 Å². The van der Waals surface area contributed by atoms with E-state index in [2.05, 4.69) is 15.0 Å². The predicted octanol–water partition coefficient (Wildman–Crippen LogP) is -0.692. The third-order valence-corrected chi connectivity index (χ3v) is 1.60. The number of H-pyrrole nitrogens is 1. The molecule has 0 aliphatic carbocycles. The van der Waals surface area contributed by atoms with Gasteiger partial charge in [-0.05, 0) is 6.92 Å². The molecule has 2 aromatic rings. The fourth-order valence-corrected chi connectivity index (χ4v) is 1.03. The maximum absolute atomic E-state index is 11.2. The van der Waals surface area contributed by atoms with E-state index in [0.717, 1.165) is 0 Å². The van der Waals surface area contributed by atoms with E-state index < -0.39 is 0 Å². The highest BCUT2D eigenvalue weighted by molar-refractivity contribution is 5.45. The van der Waals surface area contributed by atoms with E-state index in [9.17, 15) is 4.79 Å². The van der Waals surface area contributed by atoms with Gasteiger partial charge in [0.25, 0.3) is 0 Å². The van der Waals surface area contributed by atoms with E-state index in [1.54, 1.807) is 6.92 Å². The number of rotatable bonds is 0. The minimum Gasteiger partial charge on any atom is -0.369 e. The van der Waals surface area contributed by atoms with Crippen LogP contribution in [0.2, 0.25) is 0 Å². The largest absolute Gasteiger partial charge is 0.369 e. The van der Waals surface area contributed by atoms with Gasteiger partial charge in [0.15, 0.2) is 5.65 Å². The Kier molecular flexibility index (Phi) is 1.18. The molecule has 6 heteroatoms. The topological polar surface area (TPSA) is 89.1 Å². The number of aryl methyl sites for hydroxylation is 1. The summed E-state index contributed by atoms with van der Waals surface area (Å²) in [5, 5.41) is 0. The molecule has 2 rings (SSSR count). The van der Waals surface area contributed by atoms with Crippen molar-refractivity contribution in [3.05, 3.63) is 22.5 Å². The Morgan fingerprint density at radius 3 is 3.17 bits per heavy atom. The minimum atomic E-state index is -0.321. The van der Waals surface area contributed by atoms with Crippen molar-refractivity contribution in [3.8, 4) is 0 Å². The molecule has 0 saturated carbocycles. The summed E-state index contributed by atoms with van der Waals surface area (Å²) in [4.78, 5) is 21.4. The van der Waals surface area contributed by atoms with Crippen LogP contribution >= 0.6 is 0 Å². The molecular weight excluding hydrogens is 158 g/mol. The first kappa shape index (κ1) is 6.84. The van der Waals surface area contributed by atoms with Gasteiger partial charge in [-0.3, -0.25) is 4.98 Å². The van der Waals surface area contributed by atoms with Crippen LogP contribution in [0.3, 0.4) is 0 Å². The van der Waals surface area contributed by atoms with Gasteiger partial charge in [-0.2, -0.15) is 4.98 Å². The Balaban J connectivity index is 3.03. The normalized spacial score (nSPS) is 10.8. The van der Waals surface area contributed by atoms with E-state index in [0.29, 0.717) is 11.3 Å². The second-order valence-corrected chi connectivity index (χ2v) is 2.45. The van der Waals surface area contributed by atoms with E-state index in [4.69, 9.17) is 5.73 Å². The first-order chi connectivity index (χ1) is 5.68. The number of fused-ring (bicyclic) bond motifs is 1. The monoisotopic (exact) mass is 165 g/mol. The maximum Gasteiger partial charge on any atom is 0.335 e. The molecule has 0 aromatic carbocycles. The fraction of sp³-hybridized carbons (Fsp3) is 0.167. The lowest BCUT2D eigenvalue weighted by Gasteiger charge is -1.93. The van der Waals surface area contributed by atoms with Crippen LogP contribution in [0.4, 0.5) is 5.95 Å². The quantitative estimate of drug-likeness (QED) is 0.540. The SMILES string of the molecule is Cc1ncn2c(=O)[nH]c(N)nc12. The molecule has 2 aromatic heterocycles. The smallest absolute Gasteiger partial charge is 0.335 e. The molecule has 0 amide bonds. The summed E-state index contributed by atoms with van der Waals surface area (Å²) < 4.78 is 1.31. The van der Waals surface area contributed by atoms with Crippen molar-refractivity contribution in [1.29, 1.82) is 0 Å². The summed E-state index contributed by atoms with van der Waals surface area (Å²) in [7, 11) is 0. The first-order valence-corrected chi connectivity index (χ1v) is 3.38. The molecule has 0 unspecified atom stereocenters. The molecule has 0 radical (unpaired) electrons. The van der Waals surface area contributed by atoms with Gasteiger partial charge in [-0.1, -0.05) is 0 Å². The standard InChI is InChI=1S/C6H7N5O/c1-3-4-9-5(7)10-6(12)11(4)2-8-3/h2H,1H3,(H3,7,9,10,12). The van der Waals surface area contributed by atoms with Crippen molar-refractivity contribution in [3.63, 3.8) is 0 Å². The lowest BCUT2D eigenvalue weighted by Crippen LogP contribution is -2.18. The van der Waals surface area contributed by atoms with Crippen LogP contribution in [-0.2, 0) is 0 Å². The molecular formula is C6H7N5O. The molecule has 0 aliphatic heterocycles. The van der Waals surface area contributed by atoms with Crippen LogP contribution in [0.15, 0.2) is 11.1 Å². The van der Waals surface area contributed by atoms with E-state index in [-0.39, 0.29) is 11.6 Å². The minimum absolute atomic E-state index is 0.108. The number of hydrogen-bond donors (Lipinski definition) is 2. The molecule has 0 spiro atoms. The van der Waals surface area contributed by atoms with Gasteiger partial charge >= 0.3 is 5.69 Å². The summed E-state index contributed by atoms with van der Waals surface area (Å²) in [6.07, 6.45) is 1.41. The van der Waals surface area contributed by atoms with Crippen LogP contribution in [-0.4, -0.2) is 19.4 Å². The molecule has 0 fully saturated rings. The average molecular weight is 165 g/mol. The maximum atomic E-state index is 11.2. The van der Waals surface area contributed by atoms with Crippen molar-refractivity contribution < 1.29 is 0 Å². The van der Waals surface area contributed by atoms with Crippen LogP contribution < -0.4 is 11.4 Å². The second-order valence-electron chi connectivity index (χ2n) is 2.45. The summed E-state index contributed by atoms with van der Waals surface area (Å²) in [5.41, 5.74) is 6.21. The van der Waals surface area contributed by atoms with Gasteiger partial charge in [0, 0.05) is 0 Å². The highest BCUT2D eigenvalue weighted by Crippen LogP contribution is 2.01. The lowest BCUT2D eigenvalue weighted by molar-refractivity contribution is 0.958. The number of imidazole rings is 1. The van der Waals surface area contributed by atoms with Crippen LogP contribution in [0, 0.1) is 6.92 Å². The Bertz CT molecular complexity index is 482. The van der Waals surface area contributed by atoms with Gasteiger partial charge < -0.3 is 5.73 Å². The Labute approximate surface area is 67.1 Å². The van der Waals surface area contributed by atoms with Crippen molar-refractivity contribution in [2.75, 3.05) is 5.73 Å². The molecule has 0 saturated heterocycles. The number of nitrogen functional groups attached to an aromatic ring is 1. The highest BCUT2D eigenvalue weighted by Gasteiger charge is 2.03. The molecule has 6 nitrogen and oxygen atoms in total. The second kappa shape index (κ2) is 2.07. The molecule has 0 atom stereocenters. The Morgan fingerprint density at radius 2 is 2.42 bits per heavy atom. The van der Waals surface area contributed by atoms with E-state index in [1.165, 1.54) is 10.7 Å². The predicted molar refractivity (Wildman–Crippen MR) is 42.8 cm³/mol.